The lowest BCUT2D eigenvalue weighted by atomic mass is 10.0. The average Bonchev–Trinajstić information content (AvgIpc) is 3.23. The van der Waals surface area contributed by atoms with Gasteiger partial charge < -0.3 is 20.8 Å². The Morgan fingerprint density at radius 1 is 1.21 bits per heavy atom. The minimum Gasteiger partial charge on any atom is -0.507 e. The smallest absolute Gasteiger partial charge is 0.241 e. The lowest BCUT2D eigenvalue weighted by Crippen LogP contribution is -2.43. The van der Waals surface area contributed by atoms with E-state index in [4.69, 9.17) is 0 Å². The van der Waals surface area contributed by atoms with E-state index in [9.17, 15) is 15.0 Å². The number of hydrogen-bond acceptors (Lipinski definition) is 5. The minimum atomic E-state index is -0.134. The number of amides is 1. The molecule has 1 fully saturated rings. The molecule has 4 rings (SSSR count). The topological polar surface area (TPSA) is 99.4 Å². The molecule has 0 aliphatic carbocycles. The van der Waals surface area contributed by atoms with Crippen LogP contribution in [0, 0.1) is 18.8 Å². The van der Waals surface area contributed by atoms with Crippen molar-refractivity contribution in [2.75, 3.05) is 18.5 Å². The Labute approximate surface area is 193 Å². The molecule has 7 nitrogen and oxygen atoms in total. The zero-order valence-electron chi connectivity index (χ0n) is 18.6. The van der Waals surface area contributed by atoms with Crippen molar-refractivity contribution in [2.24, 2.45) is 0 Å². The molecule has 0 bridgehead atoms. The highest BCUT2D eigenvalue weighted by Crippen LogP contribution is 2.31. The van der Waals surface area contributed by atoms with Crippen molar-refractivity contribution in [2.45, 2.75) is 38.8 Å². The van der Waals surface area contributed by atoms with Gasteiger partial charge in [0.05, 0.1) is 24.8 Å². The number of benzene rings is 2. The zero-order valence-corrected chi connectivity index (χ0v) is 18.6. The zero-order chi connectivity index (χ0) is 23.2. The highest BCUT2D eigenvalue weighted by molar-refractivity contribution is 5.94. The Morgan fingerprint density at radius 3 is 2.76 bits per heavy atom. The summed E-state index contributed by atoms with van der Waals surface area (Å²) in [6, 6.07) is 12.6. The van der Waals surface area contributed by atoms with E-state index in [2.05, 4.69) is 27.6 Å². The van der Waals surface area contributed by atoms with Crippen molar-refractivity contribution < 1.29 is 15.0 Å². The lowest BCUT2D eigenvalue weighted by molar-refractivity contribution is -0.118. The van der Waals surface area contributed by atoms with Crippen molar-refractivity contribution in [1.82, 2.24) is 15.1 Å². The van der Waals surface area contributed by atoms with Crippen LogP contribution >= 0.6 is 0 Å². The van der Waals surface area contributed by atoms with Crippen molar-refractivity contribution in [3.05, 3.63) is 65.4 Å². The summed E-state index contributed by atoms with van der Waals surface area (Å²) in [5.74, 6) is 6.40. The van der Waals surface area contributed by atoms with Gasteiger partial charge in [0.15, 0.2) is 0 Å². The first-order chi connectivity index (χ1) is 16.0. The maximum Gasteiger partial charge on any atom is 0.241 e. The highest BCUT2D eigenvalue weighted by atomic mass is 16.3. The second-order valence-corrected chi connectivity index (χ2v) is 8.22. The monoisotopic (exact) mass is 444 g/mol. The van der Waals surface area contributed by atoms with E-state index in [1.807, 2.05) is 43.3 Å². The molecular weight excluding hydrogens is 416 g/mol. The maximum absolute atomic E-state index is 12.4. The second-order valence-electron chi connectivity index (χ2n) is 8.22. The van der Waals surface area contributed by atoms with Gasteiger partial charge in [0.1, 0.15) is 11.4 Å². The van der Waals surface area contributed by atoms with E-state index >= 15 is 0 Å². The van der Waals surface area contributed by atoms with Crippen LogP contribution in [0.2, 0.25) is 0 Å². The normalized spacial score (nSPS) is 15.5. The van der Waals surface area contributed by atoms with Crippen LogP contribution in [0.5, 0.6) is 5.75 Å². The largest absolute Gasteiger partial charge is 0.507 e. The minimum absolute atomic E-state index is 0.00700. The predicted octanol–water partition coefficient (Wildman–Crippen LogP) is 3.04. The number of aromatic hydroxyl groups is 1. The number of piperidine rings is 1. The number of aromatic nitrogens is 2. The first kappa shape index (κ1) is 22.6. The van der Waals surface area contributed by atoms with Gasteiger partial charge in [-0.2, -0.15) is 5.10 Å². The number of hydrogen-bond donors (Lipinski definition) is 4. The molecule has 4 N–H and O–H groups in total. The molecule has 1 aliphatic rings. The van der Waals surface area contributed by atoms with E-state index < -0.39 is 0 Å². The number of carbonyl (C=O) groups is 1. The van der Waals surface area contributed by atoms with Gasteiger partial charge in [0.2, 0.25) is 5.91 Å². The summed E-state index contributed by atoms with van der Waals surface area (Å²) >= 11 is 0. The average molecular weight is 445 g/mol. The van der Waals surface area contributed by atoms with Crippen LogP contribution in [-0.4, -0.2) is 45.1 Å². The van der Waals surface area contributed by atoms with E-state index in [-0.39, 0.29) is 24.3 Å². The summed E-state index contributed by atoms with van der Waals surface area (Å²) in [4.78, 5) is 12.4. The number of carbonyl (C=O) groups excluding carboxylic acids is 1. The molecule has 1 saturated heterocycles. The summed E-state index contributed by atoms with van der Waals surface area (Å²) in [5, 5.41) is 30.4. The van der Waals surface area contributed by atoms with Crippen LogP contribution in [0.3, 0.4) is 0 Å². The molecule has 1 amide bonds. The molecule has 0 saturated carbocycles. The van der Waals surface area contributed by atoms with E-state index in [0.717, 1.165) is 42.6 Å². The third kappa shape index (κ3) is 5.61. The third-order valence-electron chi connectivity index (χ3n) is 5.62. The molecule has 1 aromatic heterocycles. The fraction of sp³-hybridized carbons (Fsp3) is 0.308. The van der Waals surface area contributed by atoms with E-state index in [0.29, 0.717) is 23.4 Å². The number of aliphatic hydroxyl groups excluding tert-OH is 1. The van der Waals surface area contributed by atoms with E-state index in [1.165, 1.54) is 0 Å². The van der Waals surface area contributed by atoms with Gasteiger partial charge in [0.25, 0.3) is 0 Å². The number of aryl methyl sites for hydroxylation is 1. The Hall–Kier alpha value is -3.60. The number of phenolic OH excluding ortho intramolecular Hbond substituents is 1. The van der Waals surface area contributed by atoms with Crippen molar-refractivity contribution in [3.8, 4) is 28.8 Å². The number of anilines is 1. The first-order valence-corrected chi connectivity index (χ1v) is 11.2. The van der Waals surface area contributed by atoms with Gasteiger partial charge in [-0.15, -0.1) is 0 Å². The first-order valence-electron chi connectivity index (χ1n) is 11.2. The van der Waals surface area contributed by atoms with Gasteiger partial charge in [0, 0.05) is 23.0 Å². The van der Waals surface area contributed by atoms with E-state index in [1.54, 1.807) is 16.9 Å². The van der Waals surface area contributed by atoms with Crippen LogP contribution in [-0.2, 0) is 11.3 Å². The summed E-state index contributed by atoms with van der Waals surface area (Å²) in [7, 11) is 0. The molecule has 3 aromatic rings. The number of aliphatic hydroxyl groups is 1. The van der Waals surface area contributed by atoms with Crippen LogP contribution in [0.4, 0.5) is 5.69 Å². The molecule has 0 unspecified atom stereocenters. The molecule has 1 atom stereocenters. The van der Waals surface area contributed by atoms with Crippen LogP contribution in [0.15, 0.2) is 48.7 Å². The molecular formula is C26H28N4O3. The Morgan fingerprint density at radius 2 is 2.03 bits per heavy atom. The molecule has 0 radical (unpaired) electrons. The number of nitrogens with zero attached hydrogens (tertiary/aromatic N) is 2. The summed E-state index contributed by atoms with van der Waals surface area (Å²) in [6.07, 6.45) is 4.81. The van der Waals surface area contributed by atoms with Crippen molar-refractivity contribution >= 4 is 11.6 Å². The summed E-state index contributed by atoms with van der Waals surface area (Å²) < 4.78 is 1.62. The standard InChI is InChI=1S/C26H28N4O3/c1-18-5-12-24(32)22(16-18)25-20(17-30(29-25)14-15-31)9-6-19-7-10-21(11-8-19)28-26(33)23-4-2-3-13-27-23/h5,7-8,10-12,16-17,23,27,31-32H,2-4,13-15H2,1H3,(H,28,33)/t23-/m0/s1. The van der Waals surface area contributed by atoms with Crippen molar-refractivity contribution in [3.63, 3.8) is 0 Å². The molecule has 1 aliphatic heterocycles. The van der Waals surface area contributed by atoms with Crippen molar-refractivity contribution in [1.29, 1.82) is 0 Å². The molecule has 33 heavy (non-hydrogen) atoms. The Balaban J connectivity index is 1.54. The Bertz CT molecular complexity index is 1180. The third-order valence-corrected chi connectivity index (χ3v) is 5.62. The number of phenols is 1. The summed E-state index contributed by atoms with van der Waals surface area (Å²) in [5.41, 5.74) is 4.35. The second kappa shape index (κ2) is 10.3. The van der Waals surface area contributed by atoms with Gasteiger partial charge in [-0.3, -0.25) is 9.48 Å². The summed E-state index contributed by atoms with van der Waals surface area (Å²) in [6.45, 7) is 3.12. The highest BCUT2D eigenvalue weighted by Gasteiger charge is 2.20. The van der Waals surface area contributed by atoms with Crippen LogP contribution in [0.25, 0.3) is 11.3 Å². The quantitative estimate of drug-likeness (QED) is 0.454. The van der Waals surface area contributed by atoms with Crippen LogP contribution < -0.4 is 10.6 Å². The molecule has 7 heteroatoms. The fourth-order valence-corrected chi connectivity index (χ4v) is 3.85. The maximum atomic E-state index is 12.4. The molecule has 170 valence electrons. The SMILES string of the molecule is Cc1ccc(O)c(-c2nn(CCO)cc2C#Cc2ccc(NC(=O)[C@@H]3CCCCN3)cc2)c1. The van der Waals surface area contributed by atoms with Gasteiger partial charge >= 0.3 is 0 Å². The molecule has 2 heterocycles. The predicted molar refractivity (Wildman–Crippen MR) is 128 cm³/mol. The fourth-order valence-electron chi connectivity index (χ4n) is 3.85. The van der Waals surface area contributed by atoms with Gasteiger partial charge in [-0.25, -0.2) is 0 Å². The lowest BCUT2D eigenvalue weighted by Gasteiger charge is -2.22. The number of rotatable bonds is 5. The molecule has 0 spiro atoms. The van der Waals surface area contributed by atoms with Crippen LogP contribution in [0.1, 0.15) is 36.0 Å². The van der Waals surface area contributed by atoms with Gasteiger partial charge in [-0.1, -0.05) is 29.9 Å². The molecule has 2 aromatic carbocycles. The van der Waals surface area contributed by atoms with Gasteiger partial charge in [-0.05, 0) is 62.7 Å². The Kier molecular flexibility index (Phi) is 7.08. The number of nitrogens with one attached hydrogen (secondary N) is 2.